The van der Waals surface area contributed by atoms with Crippen LogP contribution in [0.2, 0.25) is 15.1 Å². The Labute approximate surface area is 140 Å². The van der Waals surface area contributed by atoms with Crippen LogP contribution in [-0.2, 0) is 13.0 Å². The minimum atomic E-state index is 0.0589. The van der Waals surface area contributed by atoms with Gasteiger partial charge in [-0.15, -0.1) is 0 Å². The van der Waals surface area contributed by atoms with Gasteiger partial charge in [-0.25, -0.2) is 0 Å². The number of nitrogens with one attached hydrogen (secondary N) is 1. The summed E-state index contributed by atoms with van der Waals surface area (Å²) in [6.07, 6.45) is 2.42. The minimum absolute atomic E-state index is 0.0589. The van der Waals surface area contributed by atoms with Crippen molar-refractivity contribution in [2.75, 3.05) is 6.54 Å². The number of aryl methyl sites for hydroxylation is 1. The highest BCUT2D eigenvalue weighted by Gasteiger charge is 2.20. The maximum atomic E-state index is 6.31. The first-order valence-electron chi connectivity index (χ1n) is 6.95. The molecule has 0 aliphatic rings. The van der Waals surface area contributed by atoms with Crippen LogP contribution in [0.3, 0.4) is 0 Å². The second-order valence-electron chi connectivity index (χ2n) is 4.74. The van der Waals surface area contributed by atoms with Gasteiger partial charge in [-0.2, -0.15) is 5.10 Å². The molecular weight excluding hydrogens is 329 g/mol. The molecule has 0 bridgehead atoms. The molecule has 0 aliphatic heterocycles. The predicted octanol–water partition coefficient (Wildman–Crippen LogP) is 4.76. The molecule has 0 saturated carbocycles. The van der Waals surface area contributed by atoms with Crippen LogP contribution >= 0.6 is 34.8 Å². The number of hydrogen-bond acceptors (Lipinski definition) is 2. The molecule has 0 radical (unpaired) electrons. The molecule has 21 heavy (non-hydrogen) atoms. The van der Waals surface area contributed by atoms with Crippen LogP contribution in [0.25, 0.3) is 0 Å². The Morgan fingerprint density at radius 3 is 2.57 bits per heavy atom. The minimum Gasteiger partial charge on any atom is -0.309 e. The van der Waals surface area contributed by atoms with E-state index in [1.54, 1.807) is 12.3 Å². The van der Waals surface area contributed by atoms with Crippen LogP contribution in [0.1, 0.15) is 31.1 Å². The van der Waals surface area contributed by atoms with Crippen LogP contribution in [0, 0.1) is 0 Å². The fraction of sp³-hybridized carbons (Fsp3) is 0.400. The third-order valence-corrected chi connectivity index (χ3v) is 4.23. The molecule has 6 heteroatoms. The van der Waals surface area contributed by atoms with Gasteiger partial charge in [0.1, 0.15) is 0 Å². The Morgan fingerprint density at radius 2 is 1.95 bits per heavy atom. The number of halogens is 3. The lowest BCUT2D eigenvalue weighted by molar-refractivity contribution is 0.490. The zero-order valence-electron chi connectivity index (χ0n) is 12.0. The van der Waals surface area contributed by atoms with Gasteiger partial charge in [0.2, 0.25) is 0 Å². The molecule has 1 heterocycles. The van der Waals surface area contributed by atoms with Crippen LogP contribution in [-0.4, -0.2) is 16.3 Å². The van der Waals surface area contributed by atoms with E-state index in [1.807, 2.05) is 23.7 Å². The van der Waals surface area contributed by atoms with E-state index >= 15 is 0 Å². The lowest BCUT2D eigenvalue weighted by Gasteiger charge is -2.20. The van der Waals surface area contributed by atoms with E-state index in [1.165, 1.54) is 0 Å². The van der Waals surface area contributed by atoms with Crippen molar-refractivity contribution in [3.63, 3.8) is 0 Å². The first-order valence-corrected chi connectivity index (χ1v) is 8.08. The van der Waals surface area contributed by atoms with Gasteiger partial charge < -0.3 is 5.32 Å². The molecule has 0 amide bonds. The highest BCUT2D eigenvalue weighted by atomic mass is 35.5. The molecule has 0 saturated heterocycles. The van der Waals surface area contributed by atoms with Gasteiger partial charge in [0.15, 0.2) is 0 Å². The highest BCUT2D eigenvalue weighted by molar-refractivity contribution is 6.35. The third kappa shape index (κ3) is 3.92. The first-order chi connectivity index (χ1) is 10.1. The van der Waals surface area contributed by atoms with Crippen LogP contribution in [0.15, 0.2) is 24.4 Å². The number of likely N-dealkylation sites (N-methyl/N-ethyl adjacent to an activating group) is 1. The average Bonchev–Trinajstić information content (AvgIpc) is 2.82. The van der Waals surface area contributed by atoms with E-state index in [9.17, 15) is 0 Å². The summed E-state index contributed by atoms with van der Waals surface area (Å²) in [6, 6.07) is 5.63. The molecule has 1 aromatic heterocycles. The smallest absolute Gasteiger partial charge is 0.0834 e. The molecule has 1 atom stereocenters. The number of rotatable bonds is 6. The Kier molecular flexibility index (Phi) is 5.94. The summed E-state index contributed by atoms with van der Waals surface area (Å²) in [4.78, 5) is 0. The Hall–Kier alpha value is -0.740. The molecule has 1 unspecified atom stereocenters. The number of hydrogen-bond donors (Lipinski definition) is 1. The molecule has 1 N–H and O–H groups in total. The van der Waals surface area contributed by atoms with Crippen molar-refractivity contribution >= 4 is 34.8 Å². The Morgan fingerprint density at radius 1 is 1.19 bits per heavy atom. The Balaban J connectivity index is 2.33. The van der Waals surface area contributed by atoms with Crippen LogP contribution in [0.4, 0.5) is 0 Å². The summed E-state index contributed by atoms with van der Waals surface area (Å²) in [6.45, 7) is 5.72. The second kappa shape index (κ2) is 7.50. The summed E-state index contributed by atoms with van der Waals surface area (Å²) in [7, 11) is 0. The van der Waals surface area contributed by atoms with E-state index in [0.717, 1.165) is 30.8 Å². The fourth-order valence-corrected chi connectivity index (χ4v) is 3.15. The van der Waals surface area contributed by atoms with E-state index in [4.69, 9.17) is 34.8 Å². The van der Waals surface area contributed by atoms with E-state index in [-0.39, 0.29) is 6.04 Å². The monoisotopic (exact) mass is 345 g/mol. The van der Waals surface area contributed by atoms with Gasteiger partial charge in [0.05, 0.1) is 23.0 Å². The van der Waals surface area contributed by atoms with Crippen molar-refractivity contribution in [3.05, 3.63) is 50.7 Å². The predicted molar refractivity (Wildman–Crippen MR) is 89.5 cm³/mol. The summed E-state index contributed by atoms with van der Waals surface area (Å²) >= 11 is 18.5. The molecule has 2 rings (SSSR count). The zero-order valence-corrected chi connectivity index (χ0v) is 14.3. The maximum absolute atomic E-state index is 6.31. The van der Waals surface area contributed by atoms with Crippen molar-refractivity contribution in [1.82, 2.24) is 15.1 Å². The lowest BCUT2D eigenvalue weighted by Crippen LogP contribution is -2.26. The molecule has 114 valence electrons. The normalized spacial score (nSPS) is 12.6. The summed E-state index contributed by atoms with van der Waals surface area (Å²) in [5.74, 6) is 0. The molecule has 0 aliphatic carbocycles. The average molecular weight is 347 g/mol. The largest absolute Gasteiger partial charge is 0.309 e. The van der Waals surface area contributed by atoms with Gasteiger partial charge >= 0.3 is 0 Å². The van der Waals surface area contributed by atoms with Gasteiger partial charge in [0, 0.05) is 16.6 Å². The summed E-state index contributed by atoms with van der Waals surface area (Å²) in [5.41, 5.74) is 2.03. The van der Waals surface area contributed by atoms with Gasteiger partial charge in [-0.3, -0.25) is 4.68 Å². The van der Waals surface area contributed by atoms with Crippen molar-refractivity contribution < 1.29 is 0 Å². The first kappa shape index (κ1) is 16.6. The SMILES string of the molecule is CCNC(Cc1ccc(Cl)cc1Cl)c1c(Cl)cnn1CC. The van der Waals surface area contributed by atoms with E-state index < -0.39 is 0 Å². The molecule has 3 nitrogen and oxygen atoms in total. The highest BCUT2D eigenvalue weighted by Crippen LogP contribution is 2.29. The summed E-state index contributed by atoms with van der Waals surface area (Å²) in [5, 5.41) is 9.74. The van der Waals surface area contributed by atoms with Crippen molar-refractivity contribution in [1.29, 1.82) is 0 Å². The zero-order chi connectivity index (χ0) is 15.4. The van der Waals surface area contributed by atoms with Gasteiger partial charge in [-0.1, -0.05) is 47.8 Å². The third-order valence-electron chi connectivity index (χ3n) is 3.35. The topological polar surface area (TPSA) is 29.9 Å². The van der Waals surface area contributed by atoms with Crippen LogP contribution < -0.4 is 5.32 Å². The fourth-order valence-electron chi connectivity index (χ4n) is 2.39. The van der Waals surface area contributed by atoms with Crippen molar-refractivity contribution in [3.8, 4) is 0 Å². The number of benzene rings is 1. The maximum Gasteiger partial charge on any atom is 0.0834 e. The second-order valence-corrected chi connectivity index (χ2v) is 5.99. The lowest BCUT2D eigenvalue weighted by atomic mass is 10.0. The standard InChI is InChI=1S/C15H18Cl3N3/c1-3-19-14(15-13(18)9-20-21(15)4-2)7-10-5-6-11(16)8-12(10)17/h5-6,8-9,14,19H,3-4,7H2,1-2H3. The van der Waals surface area contributed by atoms with E-state index in [0.29, 0.717) is 15.1 Å². The molecule has 2 aromatic rings. The molecule has 1 aromatic carbocycles. The quantitative estimate of drug-likeness (QED) is 0.817. The van der Waals surface area contributed by atoms with Gasteiger partial charge in [0.25, 0.3) is 0 Å². The number of nitrogens with zero attached hydrogens (tertiary/aromatic N) is 2. The summed E-state index contributed by atoms with van der Waals surface area (Å²) < 4.78 is 1.92. The number of aromatic nitrogens is 2. The van der Waals surface area contributed by atoms with Crippen LogP contribution in [0.5, 0.6) is 0 Å². The van der Waals surface area contributed by atoms with Gasteiger partial charge in [-0.05, 0) is 37.6 Å². The Bertz CT molecular complexity index is 610. The van der Waals surface area contributed by atoms with Crippen molar-refractivity contribution in [2.24, 2.45) is 0 Å². The molecular formula is C15H18Cl3N3. The molecule has 0 fully saturated rings. The van der Waals surface area contributed by atoms with Crippen molar-refractivity contribution in [2.45, 2.75) is 32.9 Å². The molecule has 0 spiro atoms. The van der Waals surface area contributed by atoms with E-state index in [2.05, 4.69) is 17.3 Å².